The first-order valence-corrected chi connectivity index (χ1v) is 8.13. The second-order valence-corrected chi connectivity index (χ2v) is 6.29. The summed E-state index contributed by atoms with van der Waals surface area (Å²) in [6.07, 6.45) is 0. The van der Waals surface area contributed by atoms with Crippen LogP contribution in [-0.4, -0.2) is 25.4 Å². The van der Waals surface area contributed by atoms with E-state index in [-0.39, 0.29) is 12.5 Å². The van der Waals surface area contributed by atoms with Gasteiger partial charge < -0.3 is 14.2 Å². The Morgan fingerprint density at radius 1 is 1.20 bits per heavy atom. The zero-order valence-electron chi connectivity index (χ0n) is 13.7. The maximum absolute atomic E-state index is 12.2. The van der Waals surface area contributed by atoms with Crippen LogP contribution in [0.1, 0.15) is 16.7 Å². The highest BCUT2D eigenvalue weighted by Gasteiger charge is 2.17. The SMILES string of the molecule is CN(Cc1ccc(OC(F)F)cc1)Cc1cc(Cl)cc2c1OCOC2. The molecule has 0 saturated carbocycles. The van der Waals surface area contributed by atoms with E-state index in [9.17, 15) is 8.78 Å². The molecule has 1 aliphatic rings. The van der Waals surface area contributed by atoms with Gasteiger partial charge >= 0.3 is 6.61 Å². The molecule has 25 heavy (non-hydrogen) atoms. The Kier molecular flexibility index (Phi) is 5.73. The number of rotatable bonds is 6. The van der Waals surface area contributed by atoms with Gasteiger partial charge in [0, 0.05) is 29.2 Å². The second-order valence-electron chi connectivity index (χ2n) is 5.86. The fourth-order valence-corrected chi connectivity index (χ4v) is 3.07. The lowest BCUT2D eigenvalue weighted by Gasteiger charge is -2.24. The number of halogens is 3. The normalized spacial score (nSPS) is 13.7. The van der Waals surface area contributed by atoms with Crippen molar-refractivity contribution >= 4 is 11.6 Å². The van der Waals surface area contributed by atoms with E-state index in [4.69, 9.17) is 21.1 Å². The molecule has 134 valence electrons. The van der Waals surface area contributed by atoms with Crippen LogP contribution in [0.25, 0.3) is 0 Å². The lowest BCUT2D eigenvalue weighted by atomic mass is 10.1. The van der Waals surface area contributed by atoms with E-state index in [0.717, 1.165) is 22.4 Å². The van der Waals surface area contributed by atoms with Crippen molar-refractivity contribution in [3.8, 4) is 11.5 Å². The molecule has 3 rings (SSSR count). The number of alkyl halides is 2. The van der Waals surface area contributed by atoms with Gasteiger partial charge in [-0.3, -0.25) is 4.90 Å². The van der Waals surface area contributed by atoms with Crippen molar-refractivity contribution in [3.63, 3.8) is 0 Å². The van der Waals surface area contributed by atoms with Crippen LogP contribution in [-0.2, 0) is 24.4 Å². The van der Waals surface area contributed by atoms with Crippen LogP contribution < -0.4 is 9.47 Å². The summed E-state index contributed by atoms with van der Waals surface area (Å²) < 4.78 is 39.6. The van der Waals surface area contributed by atoms with Gasteiger partial charge in [0.1, 0.15) is 11.5 Å². The van der Waals surface area contributed by atoms with Gasteiger partial charge in [-0.05, 0) is 36.9 Å². The monoisotopic (exact) mass is 369 g/mol. The van der Waals surface area contributed by atoms with E-state index in [0.29, 0.717) is 24.7 Å². The Hall–Kier alpha value is -1.89. The molecular formula is C18H18ClF2NO3. The summed E-state index contributed by atoms with van der Waals surface area (Å²) in [6, 6.07) is 10.4. The van der Waals surface area contributed by atoms with Crippen LogP contribution in [0.4, 0.5) is 8.78 Å². The lowest BCUT2D eigenvalue weighted by Crippen LogP contribution is -2.20. The van der Waals surface area contributed by atoms with Gasteiger partial charge in [-0.25, -0.2) is 0 Å². The fraction of sp³-hybridized carbons (Fsp3) is 0.333. The van der Waals surface area contributed by atoms with Gasteiger partial charge in [0.25, 0.3) is 0 Å². The molecule has 0 atom stereocenters. The molecule has 2 aromatic carbocycles. The third-order valence-electron chi connectivity index (χ3n) is 3.79. The van der Waals surface area contributed by atoms with Gasteiger partial charge in [0.15, 0.2) is 6.79 Å². The maximum atomic E-state index is 12.2. The summed E-state index contributed by atoms with van der Waals surface area (Å²) in [5.41, 5.74) is 2.92. The average Bonchev–Trinajstić information content (AvgIpc) is 2.56. The molecule has 1 heterocycles. The minimum Gasteiger partial charge on any atom is -0.467 e. The Labute approximate surface area is 149 Å². The number of hydrogen-bond acceptors (Lipinski definition) is 4. The number of fused-ring (bicyclic) bond motifs is 1. The molecule has 7 heteroatoms. The van der Waals surface area contributed by atoms with Gasteiger partial charge in [-0.2, -0.15) is 8.78 Å². The Morgan fingerprint density at radius 3 is 2.68 bits per heavy atom. The van der Waals surface area contributed by atoms with E-state index < -0.39 is 6.61 Å². The highest BCUT2D eigenvalue weighted by Crippen LogP contribution is 2.32. The summed E-state index contributed by atoms with van der Waals surface area (Å²) in [6.45, 7) is -0.813. The molecular weight excluding hydrogens is 352 g/mol. The summed E-state index contributed by atoms with van der Waals surface area (Å²) in [7, 11) is 1.97. The molecule has 2 aromatic rings. The second kappa shape index (κ2) is 7.99. The average molecular weight is 370 g/mol. The molecule has 0 N–H and O–H groups in total. The molecule has 0 radical (unpaired) electrons. The maximum Gasteiger partial charge on any atom is 0.387 e. The summed E-state index contributed by atoms with van der Waals surface area (Å²) in [5.74, 6) is 0.974. The highest BCUT2D eigenvalue weighted by molar-refractivity contribution is 6.30. The molecule has 0 fully saturated rings. The van der Waals surface area contributed by atoms with E-state index in [1.54, 1.807) is 12.1 Å². The van der Waals surface area contributed by atoms with Crippen LogP contribution in [0.15, 0.2) is 36.4 Å². The first kappa shape index (κ1) is 17.9. The van der Waals surface area contributed by atoms with Gasteiger partial charge in [-0.1, -0.05) is 23.7 Å². The molecule has 0 aliphatic carbocycles. The Morgan fingerprint density at radius 2 is 1.96 bits per heavy atom. The van der Waals surface area contributed by atoms with Crippen molar-refractivity contribution < 1.29 is 23.0 Å². The van der Waals surface area contributed by atoms with Gasteiger partial charge in [0.2, 0.25) is 0 Å². The molecule has 1 aliphatic heterocycles. The van der Waals surface area contributed by atoms with Crippen LogP contribution in [0.5, 0.6) is 11.5 Å². The first-order valence-electron chi connectivity index (χ1n) is 7.75. The number of nitrogens with zero attached hydrogens (tertiary/aromatic N) is 1. The summed E-state index contributed by atoms with van der Waals surface area (Å²) >= 11 is 6.18. The van der Waals surface area contributed by atoms with Crippen molar-refractivity contribution in [2.45, 2.75) is 26.3 Å². The van der Waals surface area contributed by atoms with Crippen molar-refractivity contribution in [2.75, 3.05) is 13.8 Å². The van der Waals surface area contributed by atoms with Crippen molar-refractivity contribution in [1.82, 2.24) is 4.90 Å². The molecule has 0 unspecified atom stereocenters. The predicted octanol–water partition coefficient (Wildman–Crippen LogP) is 4.44. The number of hydrogen-bond donors (Lipinski definition) is 0. The largest absolute Gasteiger partial charge is 0.467 e. The van der Waals surface area contributed by atoms with Crippen LogP contribution in [0.2, 0.25) is 5.02 Å². The fourth-order valence-electron chi connectivity index (χ4n) is 2.81. The Balaban J connectivity index is 1.66. The van der Waals surface area contributed by atoms with Crippen LogP contribution in [0.3, 0.4) is 0 Å². The van der Waals surface area contributed by atoms with Crippen molar-refractivity contribution in [1.29, 1.82) is 0 Å². The van der Waals surface area contributed by atoms with Crippen molar-refractivity contribution in [2.24, 2.45) is 0 Å². The highest BCUT2D eigenvalue weighted by atomic mass is 35.5. The summed E-state index contributed by atoms with van der Waals surface area (Å²) in [5, 5.41) is 0.643. The van der Waals surface area contributed by atoms with E-state index in [1.807, 2.05) is 19.2 Å². The Bertz CT molecular complexity index is 725. The zero-order chi connectivity index (χ0) is 17.8. The minimum atomic E-state index is -2.81. The smallest absolute Gasteiger partial charge is 0.387 e. The first-order chi connectivity index (χ1) is 12.0. The van der Waals surface area contributed by atoms with E-state index in [2.05, 4.69) is 9.64 Å². The van der Waals surface area contributed by atoms with Gasteiger partial charge in [-0.15, -0.1) is 0 Å². The number of ether oxygens (including phenoxy) is 3. The lowest BCUT2D eigenvalue weighted by molar-refractivity contribution is -0.0498. The molecule has 0 aromatic heterocycles. The topological polar surface area (TPSA) is 30.9 Å². The molecule has 0 amide bonds. The standard InChI is InChI=1S/C18H18ClF2NO3/c1-22(8-12-2-4-16(5-3-12)25-18(20)21)9-13-6-15(19)7-14-10-23-11-24-17(13)14/h2-7,18H,8-11H2,1H3. The third kappa shape index (κ3) is 4.81. The van der Waals surface area contributed by atoms with Gasteiger partial charge in [0.05, 0.1) is 6.61 Å². The third-order valence-corrected chi connectivity index (χ3v) is 4.01. The molecule has 0 bridgehead atoms. The molecule has 4 nitrogen and oxygen atoms in total. The predicted molar refractivity (Wildman–Crippen MR) is 90.0 cm³/mol. The zero-order valence-corrected chi connectivity index (χ0v) is 14.4. The minimum absolute atomic E-state index is 0.152. The van der Waals surface area contributed by atoms with Crippen LogP contribution >= 0.6 is 11.6 Å². The quantitative estimate of drug-likeness (QED) is 0.753. The van der Waals surface area contributed by atoms with Crippen molar-refractivity contribution in [3.05, 3.63) is 58.1 Å². The summed E-state index contributed by atoms with van der Waals surface area (Å²) in [4.78, 5) is 2.09. The number of benzene rings is 2. The molecule has 0 saturated heterocycles. The molecule has 0 spiro atoms. The van der Waals surface area contributed by atoms with E-state index in [1.165, 1.54) is 12.1 Å². The van der Waals surface area contributed by atoms with E-state index >= 15 is 0 Å². The van der Waals surface area contributed by atoms with Crippen LogP contribution in [0, 0.1) is 0 Å².